The number of piperidine rings is 1. The maximum atomic E-state index is 12.5. The molecule has 0 saturated carbocycles. The lowest BCUT2D eigenvalue weighted by atomic mass is 9.96. The predicted molar refractivity (Wildman–Crippen MR) is 99.1 cm³/mol. The summed E-state index contributed by atoms with van der Waals surface area (Å²) in [5.41, 5.74) is 0.800. The Morgan fingerprint density at radius 2 is 2.04 bits per heavy atom. The quantitative estimate of drug-likeness (QED) is 0.750. The van der Waals surface area contributed by atoms with E-state index >= 15 is 0 Å². The molecule has 1 amide bonds. The molecule has 2 aliphatic rings. The van der Waals surface area contributed by atoms with Gasteiger partial charge in [-0.2, -0.15) is 4.98 Å². The molecular formula is C19H20ClN3O4. The normalized spacial score (nSPS) is 17.5. The highest BCUT2D eigenvalue weighted by Crippen LogP contribution is 2.38. The van der Waals surface area contributed by atoms with E-state index in [4.69, 9.17) is 25.6 Å². The largest absolute Gasteiger partial charge is 0.486 e. The first-order chi connectivity index (χ1) is 13.1. The molecule has 0 aliphatic carbocycles. The van der Waals surface area contributed by atoms with Crippen molar-refractivity contribution in [2.24, 2.45) is 0 Å². The van der Waals surface area contributed by atoms with E-state index in [9.17, 15) is 4.79 Å². The van der Waals surface area contributed by atoms with Crippen LogP contribution in [-0.4, -0.2) is 47.3 Å². The highest BCUT2D eigenvalue weighted by Gasteiger charge is 2.26. The van der Waals surface area contributed by atoms with Gasteiger partial charge in [0.15, 0.2) is 17.3 Å². The Labute approximate surface area is 161 Å². The summed E-state index contributed by atoms with van der Waals surface area (Å²) >= 11 is 6.23. The number of carbonyl (C=O) groups excluding carboxylic acids is 1. The van der Waals surface area contributed by atoms with Gasteiger partial charge in [-0.25, -0.2) is 0 Å². The number of halogens is 1. The third-order valence-corrected chi connectivity index (χ3v) is 5.02. The molecule has 0 bridgehead atoms. The number of amides is 1. The zero-order chi connectivity index (χ0) is 18.8. The first-order valence-electron chi connectivity index (χ1n) is 8.96. The van der Waals surface area contributed by atoms with Crippen molar-refractivity contribution in [1.82, 2.24) is 15.0 Å². The topological polar surface area (TPSA) is 77.7 Å². The third-order valence-electron chi connectivity index (χ3n) is 4.74. The van der Waals surface area contributed by atoms with Gasteiger partial charge in [0.05, 0.1) is 5.02 Å². The molecule has 0 atom stereocenters. The number of nitrogens with zero attached hydrogens (tertiary/aromatic N) is 3. The summed E-state index contributed by atoms with van der Waals surface area (Å²) < 4.78 is 16.3. The van der Waals surface area contributed by atoms with Crippen LogP contribution in [0.2, 0.25) is 5.02 Å². The van der Waals surface area contributed by atoms with E-state index in [0.717, 1.165) is 18.4 Å². The minimum atomic E-state index is -0.0267. The van der Waals surface area contributed by atoms with Crippen LogP contribution < -0.4 is 9.47 Å². The van der Waals surface area contributed by atoms with E-state index < -0.39 is 0 Å². The zero-order valence-electron chi connectivity index (χ0n) is 15.0. The standard InChI is InChI=1S/C19H20ClN3O4/c1-12-21-19(27-22-12)14-4-6-23(7-5-14)17(24)3-2-13-10-15(20)18-16(11-13)25-8-9-26-18/h2-3,10-11,14H,4-9H2,1H3. The van der Waals surface area contributed by atoms with Gasteiger partial charge in [0.1, 0.15) is 13.2 Å². The Morgan fingerprint density at radius 1 is 1.26 bits per heavy atom. The van der Waals surface area contributed by atoms with Gasteiger partial charge in [-0.3, -0.25) is 4.79 Å². The van der Waals surface area contributed by atoms with Gasteiger partial charge < -0.3 is 18.9 Å². The van der Waals surface area contributed by atoms with Crippen molar-refractivity contribution in [2.45, 2.75) is 25.7 Å². The smallest absolute Gasteiger partial charge is 0.246 e. The monoisotopic (exact) mass is 389 g/mol. The summed E-state index contributed by atoms with van der Waals surface area (Å²) in [7, 11) is 0. The second kappa shape index (κ2) is 7.60. The van der Waals surface area contributed by atoms with E-state index in [-0.39, 0.29) is 11.8 Å². The Bertz CT molecular complexity index is 872. The molecule has 27 heavy (non-hydrogen) atoms. The summed E-state index contributed by atoms with van der Waals surface area (Å²) in [6, 6.07) is 3.59. The Morgan fingerprint density at radius 3 is 2.78 bits per heavy atom. The average molecular weight is 390 g/mol. The first kappa shape index (κ1) is 17.9. The van der Waals surface area contributed by atoms with Crippen molar-refractivity contribution in [3.8, 4) is 11.5 Å². The molecule has 0 radical (unpaired) electrons. The summed E-state index contributed by atoms with van der Waals surface area (Å²) in [5, 5.41) is 4.32. The lowest BCUT2D eigenvalue weighted by molar-refractivity contribution is -0.127. The van der Waals surface area contributed by atoms with Crippen molar-refractivity contribution in [3.05, 3.63) is 40.5 Å². The van der Waals surface area contributed by atoms with Gasteiger partial charge in [0.2, 0.25) is 11.8 Å². The van der Waals surface area contributed by atoms with Gasteiger partial charge in [0, 0.05) is 25.1 Å². The molecule has 1 saturated heterocycles. The Hall–Kier alpha value is -2.54. The van der Waals surface area contributed by atoms with Gasteiger partial charge >= 0.3 is 0 Å². The van der Waals surface area contributed by atoms with Crippen LogP contribution >= 0.6 is 11.6 Å². The maximum Gasteiger partial charge on any atom is 0.246 e. The number of aromatic nitrogens is 2. The van der Waals surface area contributed by atoms with Crippen LogP contribution in [0.1, 0.15) is 36.0 Å². The average Bonchev–Trinajstić information content (AvgIpc) is 3.13. The zero-order valence-corrected chi connectivity index (χ0v) is 15.7. The van der Waals surface area contributed by atoms with E-state index in [1.807, 2.05) is 11.0 Å². The number of hydrogen-bond donors (Lipinski definition) is 0. The van der Waals surface area contributed by atoms with Crippen LogP contribution in [0.25, 0.3) is 6.08 Å². The molecule has 0 N–H and O–H groups in total. The number of hydrogen-bond acceptors (Lipinski definition) is 6. The number of ether oxygens (including phenoxy) is 2. The fraction of sp³-hybridized carbons (Fsp3) is 0.421. The van der Waals surface area contributed by atoms with E-state index in [1.54, 1.807) is 25.1 Å². The molecule has 0 unspecified atom stereocenters. The Balaban J connectivity index is 1.37. The molecule has 1 fully saturated rings. The summed E-state index contributed by atoms with van der Waals surface area (Å²) in [6.45, 7) is 4.11. The lowest BCUT2D eigenvalue weighted by Gasteiger charge is -2.29. The highest BCUT2D eigenvalue weighted by molar-refractivity contribution is 6.32. The van der Waals surface area contributed by atoms with Gasteiger partial charge in [0.25, 0.3) is 0 Å². The summed E-state index contributed by atoms with van der Waals surface area (Å²) in [6.07, 6.45) is 4.95. The van der Waals surface area contributed by atoms with E-state index in [0.29, 0.717) is 54.5 Å². The predicted octanol–water partition coefficient (Wildman–Crippen LogP) is 3.22. The molecule has 8 heteroatoms. The van der Waals surface area contributed by atoms with Crippen molar-refractivity contribution in [1.29, 1.82) is 0 Å². The lowest BCUT2D eigenvalue weighted by Crippen LogP contribution is -2.36. The maximum absolute atomic E-state index is 12.5. The van der Waals surface area contributed by atoms with E-state index in [1.165, 1.54) is 0 Å². The number of carbonyl (C=O) groups is 1. The van der Waals surface area contributed by atoms with Crippen molar-refractivity contribution in [3.63, 3.8) is 0 Å². The van der Waals surface area contributed by atoms with E-state index in [2.05, 4.69) is 10.1 Å². The molecule has 1 aromatic heterocycles. The summed E-state index contributed by atoms with van der Waals surface area (Å²) in [4.78, 5) is 18.6. The Kier molecular flexibility index (Phi) is 5.03. The van der Waals surface area contributed by atoms with Crippen molar-refractivity contribution >= 4 is 23.6 Å². The van der Waals surface area contributed by atoms with Gasteiger partial charge in [-0.15, -0.1) is 0 Å². The van der Waals surface area contributed by atoms with Crippen LogP contribution in [0.15, 0.2) is 22.7 Å². The SMILES string of the molecule is Cc1noc(C2CCN(C(=O)C=Cc3cc(Cl)c4c(c3)OCCO4)CC2)n1. The molecule has 4 rings (SSSR count). The van der Waals surface area contributed by atoms with Gasteiger partial charge in [-0.1, -0.05) is 16.8 Å². The fourth-order valence-electron chi connectivity index (χ4n) is 3.33. The van der Waals surface area contributed by atoms with Gasteiger partial charge in [-0.05, 0) is 43.5 Å². The highest BCUT2D eigenvalue weighted by atomic mass is 35.5. The van der Waals surface area contributed by atoms with Crippen molar-refractivity contribution < 1.29 is 18.8 Å². The van der Waals surface area contributed by atoms with Crippen LogP contribution in [0, 0.1) is 6.92 Å². The molecule has 7 nitrogen and oxygen atoms in total. The van der Waals surface area contributed by atoms with Crippen LogP contribution in [-0.2, 0) is 4.79 Å². The fourth-order valence-corrected chi connectivity index (χ4v) is 3.60. The number of benzene rings is 1. The van der Waals surface area contributed by atoms with Crippen LogP contribution in [0.4, 0.5) is 0 Å². The first-order valence-corrected chi connectivity index (χ1v) is 9.34. The number of fused-ring (bicyclic) bond motifs is 1. The number of rotatable bonds is 3. The summed E-state index contributed by atoms with van der Waals surface area (Å²) in [5.74, 6) is 2.67. The molecule has 0 spiro atoms. The molecule has 2 aliphatic heterocycles. The number of aryl methyl sites for hydroxylation is 1. The minimum absolute atomic E-state index is 0.0267. The molecule has 2 aromatic rings. The molecule has 142 valence electrons. The molecular weight excluding hydrogens is 370 g/mol. The minimum Gasteiger partial charge on any atom is -0.486 e. The van der Waals surface area contributed by atoms with Crippen molar-refractivity contribution in [2.75, 3.05) is 26.3 Å². The third kappa shape index (κ3) is 3.93. The number of likely N-dealkylation sites (tertiary alicyclic amines) is 1. The second-order valence-corrected chi connectivity index (χ2v) is 7.05. The molecule has 3 heterocycles. The second-order valence-electron chi connectivity index (χ2n) is 6.64. The van der Waals surface area contributed by atoms with Crippen LogP contribution in [0.5, 0.6) is 11.5 Å². The van der Waals surface area contributed by atoms with Crippen LogP contribution in [0.3, 0.4) is 0 Å². The molecule has 1 aromatic carbocycles.